The molecule has 4 nitrogen and oxygen atoms in total. The Morgan fingerprint density at radius 1 is 1.43 bits per heavy atom. The number of allylic oxidation sites excluding steroid dienone is 1. The Morgan fingerprint density at radius 3 is 2.57 bits per heavy atom. The summed E-state index contributed by atoms with van der Waals surface area (Å²) in [5.74, 6) is -0.299. The second-order valence-electron chi connectivity index (χ2n) is 7.96. The highest BCUT2D eigenvalue weighted by Crippen LogP contribution is 2.67. The Bertz CT molecular complexity index is 525. The maximum absolute atomic E-state index is 11.5. The second kappa shape index (κ2) is 4.32. The van der Waals surface area contributed by atoms with Crippen LogP contribution in [0.4, 0.5) is 0 Å². The van der Waals surface area contributed by atoms with Gasteiger partial charge in [0.15, 0.2) is 6.10 Å². The van der Waals surface area contributed by atoms with E-state index in [2.05, 4.69) is 6.92 Å². The minimum atomic E-state index is -1.05. The van der Waals surface area contributed by atoms with Crippen LogP contribution in [-0.2, 0) is 9.53 Å². The summed E-state index contributed by atoms with van der Waals surface area (Å²) in [5, 5.41) is 21.2. The Hall–Kier alpha value is -0.870. The molecule has 0 amide bonds. The zero-order valence-corrected chi connectivity index (χ0v) is 13.4. The fourth-order valence-corrected chi connectivity index (χ4v) is 5.29. The van der Waals surface area contributed by atoms with E-state index in [1.165, 1.54) is 12.5 Å². The molecule has 2 saturated carbocycles. The third-order valence-electron chi connectivity index (χ3n) is 6.35. The van der Waals surface area contributed by atoms with Crippen molar-refractivity contribution >= 4 is 5.97 Å². The van der Waals surface area contributed by atoms with Crippen molar-refractivity contribution in [1.29, 1.82) is 0 Å². The molecule has 0 heterocycles. The van der Waals surface area contributed by atoms with E-state index in [0.717, 1.165) is 24.8 Å². The van der Waals surface area contributed by atoms with Crippen LogP contribution in [-0.4, -0.2) is 34.5 Å². The van der Waals surface area contributed by atoms with Crippen LogP contribution in [0, 0.1) is 16.7 Å². The molecule has 3 rings (SSSR count). The monoisotopic (exact) mass is 294 g/mol. The van der Waals surface area contributed by atoms with Gasteiger partial charge in [0, 0.05) is 19.4 Å². The first kappa shape index (κ1) is 15.0. The summed E-state index contributed by atoms with van der Waals surface area (Å²) in [5.41, 5.74) is 1.03. The fraction of sp³-hybridized carbons (Fsp3) is 0.824. The van der Waals surface area contributed by atoms with Crippen LogP contribution >= 0.6 is 0 Å². The normalized spacial score (nSPS) is 48.5. The van der Waals surface area contributed by atoms with Crippen LogP contribution in [0.15, 0.2) is 11.1 Å². The first-order chi connectivity index (χ1) is 9.66. The second-order valence-corrected chi connectivity index (χ2v) is 7.96. The number of ether oxygens (including phenoxy) is 1. The number of carbonyl (C=O) groups is 1. The van der Waals surface area contributed by atoms with Gasteiger partial charge in [0.2, 0.25) is 0 Å². The van der Waals surface area contributed by atoms with Crippen molar-refractivity contribution in [2.75, 3.05) is 6.61 Å². The van der Waals surface area contributed by atoms with Crippen LogP contribution in [0.25, 0.3) is 0 Å². The topological polar surface area (TPSA) is 66.8 Å². The van der Waals surface area contributed by atoms with Gasteiger partial charge in [0.05, 0.1) is 0 Å². The number of esters is 1. The predicted octanol–water partition coefficient (Wildman–Crippen LogP) is 2.19. The molecule has 3 aliphatic rings. The third-order valence-corrected chi connectivity index (χ3v) is 6.35. The van der Waals surface area contributed by atoms with Crippen molar-refractivity contribution in [3.8, 4) is 0 Å². The minimum Gasteiger partial charge on any atom is -0.455 e. The number of carbonyl (C=O) groups excluding carboxylic acids is 1. The summed E-state index contributed by atoms with van der Waals surface area (Å²) >= 11 is 0. The first-order valence-electron chi connectivity index (χ1n) is 7.87. The molecular formula is C17H26O4. The number of hydrogen-bond donors (Lipinski definition) is 2. The first-order valence-corrected chi connectivity index (χ1v) is 7.87. The van der Waals surface area contributed by atoms with Crippen molar-refractivity contribution < 1.29 is 19.7 Å². The Morgan fingerprint density at radius 2 is 2.10 bits per heavy atom. The summed E-state index contributed by atoms with van der Waals surface area (Å²) in [4.78, 5) is 11.5. The molecule has 2 N–H and O–H groups in total. The summed E-state index contributed by atoms with van der Waals surface area (Å²) < 4.78 is 5.53. The molecule has 3 aliphatic carbocycles. The Labute approximate surface area is 126 Å². The molecule has 0 spiro atoms. The van der Waals surface area contributed by atoms with Crippen LogP contribution in [0.3, 0.4) is 0 Å². The van der Waals surface area contributed by atoms with Gasteiger partial charge in [-0.3, -0.25) is 4.79 Å². The van der Waals surface area contributed by atoms with Gasteiger partial charge in [-0.15, -0.1) is 0 Å². The number of aliphatic hydroxyl groups is 2. The molecule has 0 aromatic heterocycles. The molecule has 2 fully saturated rings. The van der Waals surface area contributed by atoms with E-state index in [4.69, 9.17) is 4.74 Å². The highest BCUT2D eigenvalue weighted by molar-refractivity contribution is 5.67. The van der Waals surface area contributed by atoms with E-state index >= 15 is 0 Å². The molecule has 0 unspecified atom stereocenters. The van der Waals surface area contributed by atoms with Crippen LogP contribution in [0.1, 0.15) is 53.4 Å². The zero-order chi connectivity index (χ0) is 15.6. The Kier molecular flexibility index (Phi) is 3.10. The predicted molar refractivity (Wildman–Crippen MR) is 78.5 cm³/mol. The maximum Gasteiger partial charge on any atom is 0.303 e. The van der Waals surface area contributed by atoms with Crippen LogP contribution in [0.5, 0.6) is 0 Å². The average molecular weight is 294 g/mol. The summed E-state index contributed by atoms with van der Waals surface area (Å²) in [6.45, 7) is 7.68. The number of rotatable bonds is 2. The Balaban J connectivity index is 2.09. The van der Waals surface area contributed by atoms with Crippen molar-refractivity contribution in [2.45, 2.75) is 65.1 Å². The number of hydrogen-bond acceptors (Lipinski definition) is 4. The molecule has 21 heavy (non-hydrogen) atoms. The van der Waals surface area contributed by atoms with E-state index in [-0.39, 0.29) is 29.3 Å². The average Bonchev–Trinajstić information content (AvgIpc) is 2.66. The molecule has 0 radical (unpaired) electrons. The van der Waals surface area contributed by atoms with Gasteiger partial charge < -0.3 is 14.9 Å². The van der Waals surface area contributed by atoms with Gasteiger partial charge in [-0.25, -0.2) is 0 Å². The summed E-state index contributed by atoms with van der Waals surface area (Å²) in [7, 11) is 0. The van der Waals surface area contributed by atoms with Crippen molar-refractivity contribution in [3.63, 3.8) is 0 Å². The molecule has 0 aliphatic heterocycles. The summed E-state index contributed by atoms with van der Waals surface area (Å²) in [6.07, 6.45) is 2.81. The van der Waals surface area contributed by atoms with Gasteiger partial charge in [-0.05, 0) is 49.0 Å². The molecule has 0 aromatic carbocycles. The minimum absolute atomic E-state index is 0.00239. The molecule has 4 heteroatoms. The van der Waals surface area contributed by atoms with Gasteiger partial charge in [0.25, 0.3) is 0 Å². The van der Waals surface area contributed by atoms with E-state index in [0.29, 0.717) is 6.42 Å². The number of fused-ring (bicyclic) bond motifs is 3. The molecule has 0 bridgehead atoms. The largest absolute Gasteiger partial charge is 0.455 e. The smallest absolute Gasteiger partial charge is 0.303 e. The molecule has 118 valence electrons. The lowest BCUT2D eigenvalue weighted by Gasteiger charge is -2.58. The van der Waals surface area contributed by atoms with Crippen molar-refractivity contribution in [3.05, 3.63) is 11.1 Å². The van der Waals surface area contributed by atoms with Crippen molar-refractivity contribution in [1.82, 2.24) is 0 Å². The molecule has 0 aromatic rings. The molecule has 0 saturated heterocycles. The SMILES string of the molecule is CC(=O)O[C@@H]1C(C)=C2CC[C@]2(C)[C@H]2C[C@@](C)(CO)C[C@@]12O. The van der Waals surface area contributed by atoms with Crippen LogP contribution < -0.4 is 0 Å². The maximum atomic E-state index is 11.5. The summed E-state index contributed by atoms with van der Waals surface area (Å²) in [6, 6.07) is 0. The molecular weight excluding hydrogens is 268 g/mol. The fourth-order valence-electron chi connectivity index (χ4n) is 5.29. The standard InChI is InChI=1S/C17H26O4/c1-10-12-5-6-16(12,4)13-7-15(3,9-18)8-17(13,20)14(10)21-11(2)19/h13-14,18,20H,5-9H2,1-4H3/t13-,14-,15-,16+,17+/m1/s1. The van der Waals surface area contributed by atoms with Crippen LogP contribution in [0.2, 0.25) is 0 Å². The zero-order valence-electron chi connectivity index (χ0n) is 13.4. The van der Waals surface area contributed by atoms with Gasteiger partial charge in [0.1, 0.15) is 5.60 Å². The van der Waals surface area contributed by atoms with Crippen molar-refractivity contribution in [2.24, 2.45) is 16.7 Å². The molecule has 5 atom stereocenters. The van der Waals surface area contributed by atoms with E-state index in [9.17, 15) is 15.0 Å². The quantitative estimate of drug-likeness (QED) is 0.605. The lowest BCUT2D eigenvalue weighted by atomic mass is 9.49. The highest BCUT2D eigenvalue weighted by atomic mass is 16.6. The third kappa shape index (κ3) is 1.85. The van der Waals surface area contributed by atoms with Gasteiger partial charge >= 0.3 is 5.97 Å². The van der Waals surface area contributed by atoms with Gasteiger partial charge in [-0.2, -0.15) is 0 Å². The van der Waals surface area contributed by atoms with E-state index < -0.39 is 11.7 Å². The van der Waals surface area contributed by atoms with E-state index in [1.54, 1.807) is 0 Å². The number of aliphatic hydroxyl groups excluding tert-OH is 1. The lowest BCUT2D eigenvalue weighted by Crippen LogP contribution is -2.60. The highest BCUT2D eigenvalue weighted by Gasteiger charge is 2.67. The lowest BCUT2D eigenvalue weighted by molar-refractivity contribution is -0.176. The van der Waals surface area contributed by atoms with E-state index in [1.807, 2.05) is 13.8 Å². The van der Waals surface area contributed by atoms with Gasteiger partial charge in [-0.1, -0.05) is 19.4 Å².